The lowest BCUT2D eigenvalue weighted by molar-refractivity contribution is 0.199. The quantitative estimate of drug-likeness (QED) is 0.279. The molecule has 0 heterocycles. The monoisotopic (exact) mass is 508 g/mol. The first kappa shape index (κ1) is 21.0. The standard InChI is InChI=1S/C25H30FIO2/c1-28-21-11-12-25(26)23(14-21)18-7-5-17(6-8-18)16-29-22-4-2-3-20(13-22)24(15-27)19-9-10-19/h2-4,11-14,17-19,24H,5-10,15-16H2,1H3. The molecule has 2 aromatic carbocycles. The summed E-state index contributed by atoms with van der Waals surface area (Å²) in [5.41, 5.74) is 2.23. The first-order chi connectivity index (χ1) is 14.2. The van der Waals surface area contributed by atoms with Crippen molar-refractivity contribution in [1.29, 1.82) is 0 Å². The van der Waals surface area contributed by atoms with Crippen molar-refractivity contribution in [2.75, 3.05) is 18.1 Å². The molecule has 2 aromatic rings. The van der Waals surface area contributed by atoms with Gasteiger partial charge in [-0.15, -0.1) is 0 Å². The molecular weight excluding hydrogens is 478 g/mol. The normalized spacial score (nSPS) is 22.9. The van der Waals surface area contributed by atoms with Gasteiger partial charge in [-0.1, -0.05) is 34.7 Å². The van der Waals surface area contributed by atoms with Crippen molar-refractivity contribution in [2.24, 2.45) is 11.8 Å². The minimum atomic E-state index is -0.109. The van der Waals surface area contributed by atoms with Gasteiger partial charge in [-0.2, -0.15) is 0 Å². The largest absolute Gasteiger partial charge is 0.497 e. The van der Waals surface area contributed by atoms with E-state index >= 15 is 0 Å². The first-order valence-electron chi connectivity index (χ1n) is 10.8. The summed E-state index contributed by atoms with van der Waals surface area (Å²) in [6.45, 7) is 0.759. The van der Waals surface area contributed by atoms with E-state index in [1.54, 1.807) is 13.2 Å². The number of hydrogen-bond acceptors (Lipinski definition) is 2. The van der Waals surface area contributed by atoms with Gasteiger partial charge in [-0.05, 0) is 104 Å². The van der Waals surface area contributed by atoms with E-state index < -0.39 is 0 Å². The maximum absolute atomic E-state index is 14.3. The molecule has 0 radical (unpaired) electrons. The molecule has 0 bridgehead atoms. The predicted octanol–water partition coefficient (Wildman–Crippen LogP) is 7.12. The lowest BCUT2D eigenvalue weighted by Crippen LogP contribution is -2.20. The van der Waals surface area contributed by atoms with Gasteiger partial charge in [0.2, 0.25) is 0 Å². The van der Waals surface area contributed by atoms with Crippen LogP contribution in [0.15, 0.2) is 42.5 Å². The lowest BCUT2D eigenvalue weighted by atomic mass is 9.79. The highest BCUT2D eigenvalue weighted by molar-refractivity contribution is 14.1. The highest BCUT2D eigenvalue weighted by Crippen LogP contribution is 2.44. The molecule has 1 atom stereocenters. The molecule has 0 saturated heterocycles. The number of ether oxygens (including phenoxy) is 2. The topological polar surface area (TPSA) is 18.5 Å². The number of methoxy groups -OCH3 is 1. The highest BCUT2D eigenvalue weighted by Gasteiger charge is 2.31. The molecule has 2 nitrogen and oxygen atoms in total. The summed E-state index contributed by atoms with van der Waals surface area (Å²) < 4.78 is 26.9. The van der Waals surface area contributed by atoms with Gasteiger partial charge in [0.1, 0.15) is 17.3 Å². The molecule has 156 valence electrons. The van der Waals surface area contributed by atoms with Crippen LogP contribution in [0.1, 0.15) is 61.5 Å². The smallest absolute Gasteiger partial charge is 0.126 e. The molecule has 29 heavy (non-hydrogen) atoms. The molecule has 4 heteroatoms. The third-order valence-corrected chi connectivity index (χ3v) is 7.57. The summed E-state index contributed by atoms with van der Waals surface area (Å²) in [5, 5.41) is 0. The van der Waals surface area contributed by atoms with Crippen molar-refractivity contribution < 1.29 is 13.9 Å². The van der Waals surface area contributed by atoms with Gasteiger partial charge in [-0.3, -0.25) is 0 Å². The number of halogens is 2. The summed E-state index contributed by atoms with van der Waals surface area (Å²) in [6, 6.07) is 13.8. The van der Waals surface area contributed by atoms with Crippen molar-refractivity contribution in [3.8, 4) is 11.5 Å². The van der Waals surface area contributed by atoms with E-state index in [0.29, 0.717) is 11.8 Å². The van der Waals surface area contributed by atoms with E-state index in [1.165, 1.54) is 28.9 Å². The van der Waals surface area contributed by atoms with Crippen molar-refractivity contribution >= 4 is 22.6 Å². The van der Waals surface area contributed by atoms with E-state index in [-0.39, 0.29) is 11.7 Å². The average Bonchev–Trinajstić information content (AvgIpc) is 3.59. The van der Waals surface area contributed by atoms with Gasteiger partial charge in [0, 0.05) is 4.43 Å². The van der Waals surface area contributed by atoms with Crippen LogP contribution in [-0.2, 0) is 0 Å². The molecule has 0 amide bonds. The van der Waals surface area contributed by atoms with Gasteiger partial charge in [0.15, 0.2) is 0 Å². The number of benzene rings is 2. The Morgan fingerprint density at radius 1 is 1.00 bits per heavy atom. The molecule has 0 N–H and O–H groups in total. The van der Waals surface area contributed by atoms with Crippen LogP contribution in [0, 0.1) is 17.7 Å². The summed E-state index contributed by atoms with van der Waals surface area (Å²) in [5.74, 6) is 4.01. The number of alkyl halides is 1. The molecule has 0 aliphatic heterocycles. The third-order valence-electron chi connectivity index (χ3n) is 6.62. The highest BCUT2D eigenvalue weighted by atomic mass is 127. The molecule has 0 spiro atoms. The second-order valence-electron chi connectivity index (χ2n) is 8.59. The zero-order valence-electron chi connectivity index (χ0n) is 17.1. The van der Waals surface area contributed by atoms with Crippen LogP contribution in [-0.4, -0.2) is 18.1 Å². The molecule has 2 aliphatic rings. The second kappa shape index (κ2) is 9.67. The minimum Gasteiger partial charge on any atom is -0.497 e. The molecule has 1 unspecified atom stereocenters. The van der Waals surface area contributed by atoms with Gasteiger partial charge in [0.05, 0.1) is 13.7 Å². The molecule has 4 rings (SSSR count). The molecule has 2 aliphatic carbocycles. The van der Waals surface area contributed by atoms with Crippen molar-refractivity contribution in [1.82, 2.24) is 0 Å². The number of hydrogen-bond donors (Lipinski definition) is 0. The Bertz CT molecular complexity index is 812. The van der Waals surface area contributed by atoms with Gasteiger partial charge in [0.25, 0.3) is 0 Å². The van der Waals surface area contributed by atoms with E-state index in [9.17, 15) is 4.39 Å². The van der Waals surface area contributed by atoms with Crippen LogP contribution in [0.2, 0.25) is 0 Å². The van der Waals surface area contributed by atoms with Crippen LogP contribution >= 0.6 is 22.6 Å². The average molecular weight is 508 g/mol. The maximum Gasteiger partial charge on any atom is 0.126 e. The maximum atomic E-state index is 14.3. The summed E-state index contributed by atoms with van der Waals surface area (Å²) >= 11 is 2.51. The van der Waals surface area contributed by atoms with Gasteiger partial charge < -0.3 is 9.47 Å². The second-order valence-corrected chi connectivity index (χ2v) is 9.47. The van der Waals surface area contributed by atoms with Crippen molar-refractivity contribution in [3.05, 3.63) is 59.4 Å². The van der Waals surface area contributed by atoms with Gasteiger partial charge in [-0.25, -0.2) is 4.39 Å². The van der Waals surface area contributed by atoms with Crippen molar-refractivity contribution in [3.63, 3.8) is 0 Å². The molecule has 2 fully saturated rings. The summed E-state index contributed by atoms with van der Waals surface area (Å²) in [4.78, 5) is 0. The fraction of sp³-hybridized carbons (Fsp3) is 0.520. The van der Waals surface area contributed by atoms with Crippen LogP contribution in [0.3, 0.4) is 0 Å². The predicted molar refractivity (Wildman–Crippen MR) is 124 cm³/mol. The first-order valence-corrected chi connectivity index (χ1v) is 12.3. The van der Waals surface area contributed by atoms with E-state index in [4.69, 9.17) is 9.47 Å². The van der Waals surface area contributed by atoms with Crippen LogP contribution < -0.4 is 9.47 Å². The van der Waals surface area contributed by atoms with Crippen LogP contribution in [0.25, 0.3) is 0 Å². The Morgan fingerprint density at radius 3 is 2.48 bits per heavy atom. The fourth-order valence-electron chi connectivity index (χ4n) is 4.64. The Kier molecular flexibility index (Phi) is 6.99. The minimum absolute atomic E-state index is 0.109. The Hall–Kier alpha value is -1.30. The van der Waals surface area contributed by atoms with E-state index in [1.807, 2.05) is 6.07 Å². The Balaban J connectivity index is 1.30. The third kappa shape index (κ3) is 5.25. The molecule has 0 aromatic heterocycles. The zero-order valence-corrected chi connectivity index (χ0v) is 19.2. The van der Waals surface area contributed by atoms with Crippen LogP contribution in [0.4, 0.5) is 4.39 Å². The summed E-state index contributed by atoms with van der Waals surface area (Å²) in [6.07, 6.45) is 6.93. The summed E-state index contributed by atoms with van der Waals surface area (Å²) in [7, 11) is 1.63. The Labute approximate surface area is 187 Å². The van der Waals surface area contributed by atoms with Crippen molar-refractivity contribution in [2.45, 2.75) is 50.4 Å². The zero-order chi connectivity index (χ0) is 20.2. The SMILES string of the molecule is COc1ccc(F)c(C2CCC(COc3cccc(C(CI)C4CC4)c3)CC2)c1. The lowest BCUT2D eigenvalue weighted by Gasteiger charge is -2.29. The fourth-order valence-corrected chi connectivity index (χ4v) is 5.86. The molecular formula is C25H30FIO2. The molecule has 2 saturated carbocycles. The Morgan fingerprint density at radius 2 is 1.79 bits per heavy atom. The van der Waals surface area contributed by atoms with E-state index in [2.05, 4.69) is 46.9 Å². The number of rotatable bonds is 8. The van der Waals surface area contributed by atoms with E-state index in [0.717, 1.165) is 55.3 Å². The van der Waals surface area contributed by atoms with Crippen LogP contribution in [0.5, 0.6) is 11.5 Å². The van der Waals surface area contributed by atoms with Gasteiger partial charge >= 0.3 is 0 Å².